The van der Waals surface area contributed by atoms with E-state index < -0.39 is 11.7 Å². The highest BCUT2D eigenvalue weighted by atomic mass is 16.5. The first-order chi connectivity index (χ1) is 11.4. The molecule has 0 spiro atoms. The first-order valence-electron chi connectivity index (χ1n) is 8.06. The molecule has 0 amide bonds. The Morgan fingerprint density at radius 1 is 1.33 bits per heavy atom. The SMILES string of the molecule is CCOC(=O)c1ccc2c(c1)C(c1ccc[nH]c1=O)OC(C)(C)C2. The van der Waals surface area contributed by atoms with Crippen LogP contribution in [0.3, 0.4) is 0 Å². The topological polar surface area (TPSA) is 68.4 Å². The fraction of sp³-hybridized carbons (Fsp3) is 0.368. The number of ether oxygens (including phenoxy) is 2. The van der Waals surface area contributed by atoms with Crippen LogP contribution in [0.15, 0.2) is 41.3 Å². The molecule has 126 valence electrons. The van der Waals surface area contributed by atoms with E-state index in [2.05, 4.69) is 4.98 Å². The van der Waals surface area contributed by atoms with Crippen LogP contribution in [0.2, 0.25) is 0 Å². The van der Waals surface area contributed by atoms with Gasteiger partial charge in [-0.15, -0.1) is 0 Å². The van der Waals surface area contributed by atoms with E-state index in [-0.39, 0.29) is 11.5 Å². The molecule has 1 unspecified atom stereocenters. The Labute approximate surface area is 140 Å². The smallest absolute Gasteiger partial charge is 0.338 e. The molecule has 0 saturated heterocycles. The van der Waals surface area contributed by atoms with E-state index in [0.717, 1.165) is 11.1 Å². The van der Waals surface area contributed by atoms with Crippen molar-refractivity contribution < 1.29 is 14.3 Å². The van der Waals surface area contributed by atoms with Gasteiger partial charge in [-0.25, -0.2) is 4.79 Å². The van der Waals surface area contributed by atoms with Crippen LogP contribution in [0.5, 0.6) is 0 Å². The van der Waals surface area contributed by atoms with Gasteiger partial charge < -0.3 is 14.5 Å². The van der Waals surface area contributed by atoms with Crippen LogP contribution in [0.4, 0.5) is 0 Å². The van der Waals surface area contributed by atoms with Gasteiger partial charge in [-0.2, -0.15) is 0 Å². The Morgan fingerprint density at radius 3 is 2.83 bits per heavy atom. The predicted molar refractivity (Wildman–Crippen MR) is 90.2 cm³/mol. The minimum absolute atomic E-state index is 0.187. The van der Waals surface area contributed by atoms with Gasteiger partial charge in [-0.1, -0.05) is 6.07 Å². The number of aromatic nitrogens is 1. The van der Waals surface area contributed by atoms with E-state index in [0.29, 0.717) is 24.2 Å². The Bertz CT molecular complexity index is 822. The first-order valence-corrected chi connectivity index (χ1v) is 8.06. The molecular weight excluding hydrogens is 306 g/mol. The summed E-state index contributed by atoms with van der Waals surface area (Å²) >= 11 is 0. The molecule has 1 atom stereocenters. The van der Waals surface area contributed by atoms with Crippen LogP contribution in [-0.4, -0.2) is 23.2 Å². The number of nitrogens with one attached hydrogen (secondary N) is 1. The molecule has 3 rings (SSSR count). The molecule has 1 N–H and O–H groups in total. The van der Waals surface area contributed by atoms with E-state index in [1.807, 2.05) is 19.9 Å². The second-order valence-corrected chi connectivity index (χ2v) is 6.52. The zero-order valence-corrected chi connectivity index (χ0v) is 14.1. The normalized spacial score (nSPS) is 18.7. The van der Waals surface area contributed by atoms with Crippen molar-refractivity contribution in [3.8, 4) is 0 Å². The molecule has 1 aromatic carbocycles. The summed E-state index contributed by atoms with van der Waals surface area (Å²) in [5.41, 5.74) is 2.34. The first kappa shape index (κ1) is 16.5. The zero-order valence-electron chi connectivity index (χ0n) is 14.1. The highest BCUT2D eigenvalue weighted by Gasteiger charge is 2.35. The van der Waals surface area contributed by atoms with E-state index in [4.69, 9.17) is 9.47 Å². The van der Waals surface area contributed by atoms with Gasteiger partial charge in [0, 0.05) is 12.6 Å². The van der Waals surface area contributed by atoms with Crippen LogP contribution in [-0.2, 0) is 15.9 Å². The predicted octanol–water partition coefficient (Wildman–Crippen LogP) is 2.99. The Hall–Kier alpha value is -2.40. The van der Waals surface area contributed by atoms with E-state index in [9.17, 15) is 9.59 Å². The second kappa shape index (κ2) is 6.24. The van der Waals surface area contributed by atoms with E-state index in [1.54, 1.807) is 37.4 Å². The van der Waals surface area contributed by atoms with Gasteiger partial charge in [-0.3, -0.25) is 4.79 Å². The molecule has 1 aliphatic rings. The second-order valence-electron chi connectivity index (χ2n) is 6.52. The summed E-state index contributed by atoms with van der Waals surface area (Å²) in [5.74, 6) is -0.370. The molecule has 1 aromatic heterocycles. The minimum atomic E-state index is -0.511. The Kier molecular flexibility index (Phi) is 4.28. The molecule has 24 heavy (non-hydrogen) atoms. The van der Waals surface area contributed by atoms with Gasteiger partial charge >= 0.3 is 5.97 Å². The van der Waals surface area contributed by atoms with Crippen molar-refractivity contribution in [1.29, 1.82) is 0 Å². The van der Waals surface area contributed by atoms with Gasteiger partial charge in [0.25, 0.3) is 5.56 Å². The third-order valence-corrected chi connectivity index (χ3v) is 4.12. The molecule has 5 heteroatoms. The van der Waals surface area contributed by atoms with E-state index >= 15 is 0 Å². The fourth-order valence-corrected chi connectivity index (χ4v) is 3.10. The molecule has 0 fully saturated rings. The van der Waals surface area contributed by atoms with Crippen LogP contribution >= 0.6 is 0 Å². The standard InChI is InChI=1S/C19H21NO4/c1-4-23-18(22)12-7-8-13-11-19(2,3)24-16(15(13)10-12)14-6-5-9-20-17(14)21/h5-10,16H,4,11H2,1-3H3,(H,20,21). The number of aromatic amines is 1. The molecule has 0 radical (unpaired) electrons. The summed E-state index contributed by atoms with van der Waals surface area (Å²) < 4.78 is 11.3. The monoisotopic (exact) mass is 327 g/mol. The fourth-order valence-electron chi connectivity index (χ4n) is 3.10. The molecule has 0 bridgehead atoms. The van der Waals surface area contributed by atoms with Crippen molar-refractivity contribution >= 4 is 5.97 Å². The van der Waals surface area contributed by atoms with Crippen molar-refractivity contribution in [3.05, 3.63) is 69.1 Å². The van der Waals surface area contributed by atoms with Gasteiger partial charge in [0.05, 0.1) is 23.3 Å². The quantitative estimate of drug-likeness (QED) is 0.880. The highest BCUT2D eigenvalue weighted by Crippen LogP contribution is 2.39. The van der Waals surface area contributed by atoms with Crippen molar-refractivity contribution in [2.75, 3.05) is 6.61 Å². The van der Waals surface area contributed by atoms with Crippen LogP contribution in [0.25, 0.3) is 0 Å². The third-order valence-electron chi connectivity index (χ3n) is 4.12. The molecule has 2 aromatic rings. The Morgan fingerprint density at radius 2 is 2.12 bits per heavy atom. The maximum absolute atomic E-state index is 12.2. The Balaban J connectivity index is 2.12. The lowest BCUT2D eigenvalue weighted by molar-refractivity contribution is -0.0673. The van der Waals surface area contributed by atoms with Crippen LogP contribution < -0.4 is 5.56 Å². The van der Waals surface area contributed by atoms with Crippen molar-refractivity contribution in [2.45, 2.75) is 38.9 Å². The van der Waals surface area contributed by atoms with E-state index in [1.165, 1.54) is 0 Å². The minimum Gasteiger partial charge on any atom is -0.462 e. The van der Waals surface area contributed by atoms with Gasteiger partial charge in [0.15, 0.2) is 0 Å². The number of hydrogen-bond acceptors (Lipinski definition) is 4. The number of rotatable bonds is 3. The third kappa shape index (κ3) is 3.12. The number of fused-ring (bicyclic) bond motifs is 1. The molecular formula is C19H21NO4. The van der Waals surface area contributed by atoms with Gasteiger partial charge in [0.2, 0.25) is 0 Å². The summed E-state index contributed by atoms with van der Waals surface area (Å²) in [7, 11) is 0. The largest absolute Gasteiger partial charge is 0.462 e. The molecule has 0 saturated carbocycles. The number of benzene rings is 1. The maximum atomic E-state index is 12.2. The number of carbonyl (C=O) groups excluding carboxylic acids is 1. The van der Waals surface area contributed by atoms with Crippen molar-refractivity contribution in [3.63, 3.8) is 0 Å². The summed E-state index contributed by atoms with van der Waals surface area (Å²) in [5, 5.41) is 0. The maximum Gasteiger partial charge on any atom is 0.338 e. The molecule has 0 aliphatic carbocycles. The average Bonchev–Trinajstić information content (AvgIpc) is 2.53. The highest BCUT2D eigenvalue weighted by molar-refractivity contribution is 5.89. The molecule has 1 aliphatic heterocycles. The lowest BCUT2D eigenvalue weighted by Crippen LogP contribution is -2.37. The van der Waals surface area contributed by atoms with Crippen LogP contribution in [0, 0.1) is 0 Å². The summed E-state index contributed by atoms with van der Waals surface area (Å²) in [4.78, 5) is 27.0. The lowest BCUT2D eigenvalue weighted by atomic mass is 9.85. The molecule has 5 nitrogen and oxygen atoms in total. The van der Waals surface area contributed by atoms with Gasteiger partial charge in [0.1, 0.15) is 6.10 Å². The summed E-state index contributed by atoms with van der Waals surface area (Å²) in [6.45, 7) is 6.09. The van der Waals surface area contributed by atoms with Crippen molar-refractivity contribution in [2.24, 2.45) is 0 Å². The number of carbonyl (C=O) groups is 1. The summed E-state index contributed by atoms with van der Waals surface area (Å²) in [6, 6.07) is 9.00. The number of pyridine rings is 1. The zero-order chi connectivity index (χ0) is 17.3. The lowest BCUT2D eigenvalue weighted by Gasteiger charge is -2.37. The average molecular weight is 327 g/mol. The number of H-pyrrole nitrogens is 1. The molecule has 2 heterocycles. The summed E-state index contributed by atoms with van der Waals surface area (Å²) in [6.07, 6.45) is 1.80. The van der Waals surface area contributed by atoms with Crippen LogP contribution in [0.1, 0.15) is 53.9 Å². The number of esters is 1. The number of hydrogen-bond donors (Lipinski definition) is 1. The van der Waals surface area contributed by atoms with Gasteiger partial charge in [-0.05, 0) is 56.2 Å². The van der Waals surface area contributed by atoms with Crippen molar-refractivity contribution in [1.82, 2.24) is 4.98 Å².